The van der Waals surface area contributed by atoms with Crippen molar-refractivity contribution in [2.75, 3.05) is 18.4 Å². The van der Waals surface area contributed by atoms with E-state index in [0.717, 1.165) is 5.56 Å². The molecule has 1 aliphatic heterocycles. The lowest BCUT2D eigenvalue weighted by Crippen LogP contribution is -2.38. The van der Waals surface area contributed by atoms with E-state index in [4.69, 9.17) is 4.74 Å². The summed E-state index contributed by atoms with van der Waals surface area (Å²) in [5, 5.41) is 22.7. The Labute approximate surface area is 164 Å². The first kappa shape index (κ1) is 18.8. The summed E-state index contributed by atoms with van der Waals surface area (Å²) in [4.78, 5) is 14.4. The fraction of sp³-hybridized carbons (Fsp3) is 0.409. The summed E-state index contributed by atoms with van der Waals surface area (Å²) in [6.45, 7) is 1.70. The fourth-order valence-corrected chi connectivity index (χ4v) is 4.18. The van der Waals surface area contributed by atoms with E-state index in [1.165, 1.54) is 0 Å². The van der Waals surface area contributed by atoms with Gasteiger partial charge in [-0.3, -0.25) is 0 Å². The minimum absolute atomic E-state index is 0.154. The van der Waals surface area contributed by atoms with Gasteiger partial charge in [-0.25, -0.2) is 4.79 Å². The smallest absolute Gasteiger partial charge is 0.321 e. The highest BCUT2D eigenvalue weighted by molar-refractivity contribution is 5.89. The van der Waals surface area contributed by atoms with Crippen molar-refractivity contribution in [2.45, 2.75) is 31.7 Å². The van der Waals surface area contributed by atoms with Crippen molar-refractivity contribution in [3.8, 4) is 5.75 Å². The van der Waals surface area contributed by atoms with E-state index in [9.17, 15) is 15.0 Å². The van der Waals surface area contributed by atoms with Crippen LogP contribution >= 0.6 is 0 Å². The van der Waals surface area contributed by atoms with E-state index < -0.39 is 12.2 Å². The maximum atomic E-state index is 12.7. The molecule has 0 unspecified atom stereocenters. The number of amides is 2. The van der Waals surface area contributed by atoms with Crippen LogP contribution in [-0.4, -0.2) is 46.4 Å². The molecule has 148 valence electrons. The summed E-state index contributed by atoms with van der Waals surface area (Å²) in [6, 6.07) is 17.1. The van der Waals surface area contributed by atoms with Gasteiger partial charge in [0.25, 0.3) is 0 Å². The van der Waals surface area contributed by atoms with Gasteiger partial charge in [-0.1, -0.05) is 36.4 Å². The Morgan fingerprint density at radius 3 is 2.36 bits per heavy atom. The van der Waals surface area contributed by atoms with Crippen LogP contribution in [0.15, 0.2) is 54.6 Å². The zero-order chi connectivity index (χ0) is 19.5. The molecule has 0 radical (unpaired) electrons. The third-order valence-corrected chi connectivity index (χ3v) is 5.73. The quantitative estimate of drug-likeness (QED) is 0.759. The Kier molecular flexibility index (Phi) is 5.50. The Morgan fingerprint density at radius 1 is 1.00 bits per heavy atom. The number of rotatable bonds is 4. The highest BCUT2D eigenvalue weighted by Gasteiger charge is 2.42. The lowest BCUT2D eigenvalue weighted by molar-refractivity contribution is -0.0372. The largest absolute Gasteiger partial charge is 0.489 e. The molecule has 0 bridgehead atoms. The summed E-state index contributed by atoms with van der Waals surface area (Å²) in [5.74, 6) is 1.21. The maximum absolute atomic E-state index is 12.7. The minimum atomic E-state index is -0.678. The number of aliphatic hydroxyl groups excluding tert-OH is 2. The molecular weight excluding hydrogens is 356 g/mol. The topological polar surface area (TPSA) is 82.0 Å². The molecule has 3 N–H and O–H groups in total. The lowest BCUT2D eigenvalue weighted by Gasteiger charge is -2.31. The number of nitrogens with one attached hydrogen (secondary N) is 1. The van der Waals surface area contributed by atoms with E-state index in [-0.39, 0.29) is 17.9 Å². The van der Waals surface area contributed by atoms with Crippen LogP contribution in [0.25, 0.3) is 0 Å². The molecular formula is C22H26N2O4. The standard InChI is InChI=1S/C22H26N2O4/c25-20-9-16-12-24(13-17(16)10-21(20)26)22(27)23-18-7-4-8-19(11-18)28-14-15-5-2-1-3-6-15/h1-8,11,16-17,20-21,25-26H,9-10,12-14H2,(H,23,27)/t16-,17+,20+,21-. The van der Waals surface area contributed by atoms with Gasteiger partial charge in [0.1, 0.15) is 12.4 Å². The molecule has 1 saturated carbocycles. The highest BCUT2D eigenvalue weighted by Crippen LogP contribution is 2.36. The SMILES string of the molecule is O=C(Nc1cccc(OCc2ccccc2)c1)N1C[C@H]2C[C@H](O)[C@H](O)C[C@H]2C1. The number of carbonyl (C=O) groups excluding carboxylic acids is 1. The number of hydrogen-bond donors (Lipinski definition) is 3. The van der Waals surface area contributed by atoms with Crippen LogP contribution in [0.2, 0.25) is 0 Å². The summed E-state index contributed by atoms with van der Waals surface area (Å²) >= 11 is 0. The van der Waals surface area contributed by atoms with Gasteiger partial charge in [0, 0.05) is 24.8 Å². The van der Waals surface area contributed by atoms with Crippen LogP contribution in [0.4, 0.5) is 10.5 Å². The second kappa shape index (κ2) is 8.20. The first-order chi connectivity index (χ1) is 13.6. The third-order valence-electron chi connectivity index (χ3n) is 5.73. The normalized spacial score (nSPS) is 26.6. The number of nitrogens with zero attached hydrogens (tertiary/aromatic N) is 1. The van der Waals surface area contributed by atoms with Crippen molar-refractivity contribution in [2.24, 2.45) is 11.8 Å². The number of likely N-dealkylation sites (tertiary alicyclic amines) is 1. The first-order valence-electron chi connectivity index (χ1n) is 9.77. The average Bonchev–Trinajstić information content (AvgIpc) is 3.11. The second-order valence-corrected chi connectivity index (χ2v) is 7.76. The number of benzene rings is 2. The molecule has 2 amide bonds. The van der Waals surface area contributed by atoms with Gasteiger partial charge in [-0.2, -0.15) is 0 Å². The van der Waals surface area contributed by atoms with Crippen LogP contribution in [0.1, 0.15) is 18.4 Å². The molecule has 1 heterocycles. The van der Waals surface area contributed by atoms with Gasteiger partial charge in [-0.05, 0) is 42.4 Å². The van der Waals surface area contributed by atoms with Crippen molar-refractivity contribution < 1.29 is 19.7 Å². The number of anilines is 1. The zero-order valence-electron chi connectivity index (χ0n) is 15.7. The number of hydrogen-bond acceptors (Lipinski definition) is 4. The van der Waals surface area contributed by atoms with Crippen LogP contribution in [0.3, 0.4) is 0 Å². The van der Waals surface area contributed by atoms with Crippen molar-refractivity contribution >= 4 is 11.7 Å². The van der Waals surface area contributed by atoms with Gasteiger partial charge in [0.05, 0.1) is 12.2 Å². The molecule has 28 heavy (non-hydrogen) atoms. The zero-order valence-corrected chi connectivity index (χ0v) is 15.7. The van der Waals surface area contributed by atoms with Crippen molar-refractivity contribution in [1.29, 1.82) is 0 Å². The van der Waals surface area contributed by atoms with E-state index >= 15 is 0 Å². The Hall–Kier alpha value is -2.57. The van der Waals surface area contributed by atoms with Crippen LogP contribution in [-0.2, 0) is 6.61 Å². The molecule has 6 nitrogen and oxygen atoms in total. The molecule has 4 rings (SSSR count). The van der Waals surface area contributed by atoms with Crippen molar-refractivity contribution in [1.82, 2.24) is 4.90 Å². The minimum Gasteiger partial charge on any atom is -0.489 e. The molecule has 4 atom stereocenters. The summed E-state index contributed by atoms with van der Waals surface area (Å²) < 4.78 is 5.82. The molecule has 0 aromatic heterocycles. The van der Waals surface area contributed by atoms with Gasteiger partial charge in [-0.15, -0.1) is 0 Å². The summed E-state index contributed by atoms with van der Waals surface area (Å²) in [6.07, 6.45) is -0.248. The predicted molar refractivity (Wildman–Crippen MR) is 106 cm³/mol. The Bertz CT molecular complexity index is 795. The van der Waals surface area contributed by atoms with Gasteiger partial charge >= 0.3 is 6.03 Å². The molecule has 6 heteroatoms. The van der Waals surface area contributed by atoms with Gasteiger partial charge in [0.15, 0.2) is 0 Å². The molecule has 1 saturated heterocycles. The maximum Gasteiger partial charge on any atom is 0.321 e. The number of carbonyl (C=O) groups is 1. The predicted octanol–water partition coefficient (Wildman–Crippen LogP) is 2.86. The molecule has 0 spiro atoms. The van der Waals surface area contributed by atoms with Crippen LogP contribution in [0.5, 0.6) is 5.75 Å². The fourth-order valence-electron chi connectivity index (χ4n) is 4.18. The molecule has 2 aromatic rings. The van der Waals surface area contributed by atoms with E-state index in [0.29, 0.717) is 44.0 Å². The summed E-state index contributed by atoms with van der Waals surface area (Å²) in [7, 11) is 0. The molecule has 2 aromatic carbocycles. The van der Waals surface area contributed by atoms with Crippen molar-refractivity contribution in [3.63, 3.8) is 0 Å². The number of ether oxygens (including phenoxy) is 1. The number of fused-ring (bicyclic) bond motifs is 1. The van der Waals surface area contributed by atoms with E-state index in [2.05, 4.69) is 5.32 Å². The number of urea groups is 1. The average molecular weight is 382 g/mol. The van der Waals surface area contributed by atoms with Crippen LogP contribution in [0, 0.1) is 11.8 Å². The Balaban J connectivity index is 1.33. The molecule has 2 aliphatic rings. The highest BCUT2D eigenvalue weighted by atomic mass is 16.5. The first-order valence-corrected chi connectivity index (χ1v) is 9.77. The lowest BCUT2D eigenvalue weighted by atomic mass is 9.79. The van der Waals surface area contributed by atoms with Crippen LogP contribution < -0.4 is 10.1 Å². The van der Waals surface area contributed by atoms with Gasteiger partial charge < -0.3 is 25.2 Å². The van der Waals surface area contributed by atoms with Gasteiger partial charge in [0.2, 0.25) is 0 Å². The van der Waals surface area contributed by atoms with E-state index in [1.807, 2.05) is 54.6 Å². The van der Waals surface area contributed by atoms with Crippen molar-refractivity contribution in [3.05, 3.63) is 60.2 Å². The summed E-state index contributed by atoms with van der Waals surface area (Å²) in [5.41, 5.74) is 1.77. The molecule has 1 aliphatic carbocycles. The third kappa shape index (κ3) is 4.29. The monoisotopic (exact) mass is 382 g/mol. The molecule has 2 fully saturated rings. The number of aliphatic hydroxyl groups is 2. The second-order valence-electron chi connectivity index (χ2n) is 7.76. The Morgan fingerprint density at radius 2 is 1.68 bits per heavy atom. The van der Waals surface area contributed by atoms with E-state index in [1.54, 1.807) is 4.90 Å².